The number of hydrogen-bond donors (Lipinski definition) is 1. The van der Waals surface area contributed by atoms with Gasteiger partial charge >= 0.3 is 0 Å². The highest BCUT2D eigenvalue weighted by molar-refractivity contribution is 6.31. The first-order chi connectivity index (χ1) is 7.79. The van der Waals surface area contributed by atoms with Crippen LogP contribution >= 0.6 is 36.4 Å². The lowest BCUT2D eigenvalue weighted by molar-refractivity contribution is 0.171. The van der Waals surface area contributed by atoms with E-state index in [-0.39, 0.29) is 24.8 Å². The van der Waals surface area contributed by atoms with Crippen LogP contribution in [0.3, 0.4) is 0 Å². The molecule has 0 aromatic carbocycles. The molecule has 18 heavy (non-hydrogen) atoms. The Balaban J connectivity index is 0.00000144. The van der Waals surface area contributed by atoms with E-state index in [4.69, 9.17) is 17.3 Å². The molecule has 1 aliphatic rings. The Morgan fingerprint density at radius 1 is 1.44 bits per heavy atom. The van der Waals surface area contributed by atoms with Crippen molar-refractivity contribution in [1.29, 1.82) is 0 Å². The van der Waals surface area contributed by atoms with Crippen molar-refractivity contribution >= 4 is 36.4 Å². The van der Waals surface area contributed by atoms with E-state index in [2.05, 4.69) is 9.88 Å². The third kappa shape index (κ3) is 4.90. The second kappa shape index (κ2) is 8.94. The van der Waals surface area contributed by atoms with E-state index in [9.17, 15) is 0 Å². The number of nitrogens with zero attached hydrogens (tertiary/aromatic N) is 2. The van der Waals surface area contributed by atoms with Crippen molar-refractivity contribution in [3.63, 3.8) is 0 Å². The third-order valence-electron chi connectivity index (χ3n) is 3.19. The van der Waals surface area contributed by atoms with Gasteiger partial charge in [-0.3, -0.25) is 9.88 Å². The number of nitrogens with two attached hydrogens (primary N) is 1. The molecule has 1 atom stereocenters. The van der Waals surface area contributed by atoms with Gasteiger partial charge in [0.05, 0.1) is 5.02 Å². The van der Waals surface area contributed by atoms with Crippen molar-refractivity contribution in [1.82, 2.24) is 9.88 Å². The molecule has 6 heteroatoms. The van der Waals surface area contributed by atoms with Crippen molar-refractivity contribution in [2.24, 2.45) is 11.7 Å². The minimum atomic E-state index is 0. The Labute approximate surface area is 126 Å². The van der Waals surface area contributed by atoms with Gasteiger partial charge in [-0.1, -0.05) is 11.6 Å². The van der Waals surface area contributed by atoms with Crippen molar-refractivity contribution in [2.75, 3.05) is 19.6 Å². The second-order valence-corrected chi connectivity index (χ2v) is 4.85. The van der Waals surface area contributed by atoms with E-state index in [1.807, 2.05) is 6.07 Å². The third-order valence-corrected chi connectivity index (χ3v) is 3.53. The van der Waals surface area contributed by atoms with Gasteiger partial charge in [-0.15, -0.1) is 24.8 Å². The molecule has 0 radical (unpaired) electrons. The average molecular weight is 313 g/mol. The number of halogens is 3. The van der Waals surface area contributed by atoms with Crippen LogP contribution in [0.4, 0.5) is 0 Å². The Kier molecular flexibility index (Phi) is 8.91. The lowest BCUT2D eigenvalue weighted by Gasteiger charge is -2.32. The van der Waals surface area contributed by atoms with Gasteiger partial charge in [0.25, 0.3) is 0 Å². The number of rotatable bonds is 3. The minimum Gasteiger partial charge on any atom is -0.330 e. The maximum atomic E-state index is 6.10. The molecule has 1 aromatic rings. The molecule has 2 heterocycles. The maximum Gasteiger partial charge on any atom is 0.0634 e. The zero-order chi connectivity index (χ0) is 11.4. The molecule has 104 valence electrons. The molecule has 0 aliphatic carbocycles. The highest BCUT2D eigenvalue weighted by atomic mass is 35.5. The highest BCUT2D eigenvalue weighted by Crippen LogP contribution is 2.20. The lowest BCUT2D eigenvalue weighted by atomic mass is 9.98. The Morgan fingerprint density at radius 2 is 2.22 bits per heavy atom. The molecule has 0 saturated carbocycles. The summed E-state index contributed by atoms with van der Waals surface area (Å²) in [6.45, 7) is 3.95. The SMILES string of the molecule is Cl.Cl.NCC1CCCN(Cc2ccncc2Cl)C1. The summed E-state index contributed by atoms with van der Waals surface area (Å²) in [4.78, 5) is 6.43. The molecular formula is C12H20Cl3N3. The molecule has 2 rings (SSSR count). The fourth-order valence-electron chi connectivity index (χ4n) is 2.26. The van der Waals surface area contributed by atoms with Crippen LogP contribution in [0.2, 0.25) is 5.02 Å². The molecular weight excluding hydrogens is 293 g/mol. The van der Waals surface area contributed by atoms with E-state index in [1.54, 1.807) is 12.4 Å². The van der Waals surface area contributed by atoms with Crippen LogP contribution in [0.25, 0.3) is 0 Å². The molecule has 0 bridgehead atoms. The summed E-state index contributed by atoms with van der Waals surface area (Å²) in [5.74, 6) is 0.648. The summed E-state index contributed by atoms with van der Waals surface area (Å²) in [6, 6.07) is 1.99. The molecule has 1 fully saturated rings. The van der Waals surface area contributed by atoms with E-state index in [1.165, 1.54) is 12.8 Å². The maximum absolute atomic E-state index is 6.10. The Morgan fingerprint density at radius 3 is 2.89 bits per heavy atom. The van der Waals surface area contributed by atoms with Crippen LogP contribution in [-0.4, -0.2) is 29.5 Å². The minimum absolute atomic E-state index is 0. The lowest BCUT2D eigenvalue weighted by Crippen LogP contribution is -2.37. The number of aromatic nitrogens is 1. The quantitative estimate of drug-likeness (QED) is 0.933. The molecule has 1 unspecified atom stereocenters. The number of likely N-dealkylation sites (tertiary alicyclic amines) is 1. The number of hydrogen-bond acceptors (Lipinski definition) is 3. The highest BCUT2D eigenvalue weighted by Gasteiger charge is 2.19. The van der Waals surface area contributed by atoms with E-state index in [0.29, 0.717) is 5.92 Å². The fourth-order valence-corrected chi connectivity index (χ4v) is 2.44. The Hall–Kier alpha value is -0.0600. The fraction of sp³-hybridized carbons (Fsp3) is 0.583. The second-order valence-electron chi connectivity index (χ2n) is 4.45. The van der Waals surface area contributed by atoms with Crippen LogP contribution in [0.5, 0.6) is 0 Å². The van der Waals surface area contributed by atoms with Gasteiger partial charge < -0.3 is 5.73 Å². The summed E-state index contributed by atoms with van der Waals surface area (Å²) in [5.41, 5.74) is 6.89. The first-order valence-electron chi connectivity index (χ1n) is 5.80. The first kappa shape index (κ1) is 17.9. The molecule has 0 spiro atoms. The molecule has 1 saturated heterocycles. The standard InChI is InChI=1S/C12H18ClN3.2ClH/c13-12-7-15-4-3-11(12)9-16-5-1-2-10(6-14)8-16;;/h3-4,7,10H,1-2,5-6,8-9,14H2;2*1H. The van der Waals surface area contributed by atoms with Gasteiger partial charge in [0.15, 0.2) is 0 Å². The predicted molar refractivity (Wildman–Crippen MR) is 80.8 cm³/mol. The molecule has 1 aliphatic heterocycles. The number of pyridine rings is 1. The van der Waals surface area contributed by atoms with Crippen LogP contribution in [-0.2, 0) is 6.54 Å². The Bertz CT molecular complexity index is 349. The zero-order valence-corrected chi connectivity index (χ0v) is 12.6. The van der Waals surface area contributed by atoms with Crippen molar-refractivity contribution < 1.29 is 0 Å². The molecule has 0 amide bonds. The van der Waals surface area contributed by atoms with Crippen LogP contribution in [0.15, 0.2) is 18.5 Å². The van der Waals surface area contributed by atoms with Gasteiger partial charge in [0, 0.05) is 25.5 Å². The number of piperidine rings is 1. The molecule has 2 N–H and O–H groups in total. The van der Waals surface area contributed by atoms with Gasteiger partial charge in [-0.25, -0.2) is 0 Å². The van der Waals surface area contributed by atoms with Gasteiger partial charge in [0.2, 0.25) is 0 Å². The van der Waals surface area contributed by atoms with E-state index < -0.39 is 0 Å². The smallest absolute Gasteiger partial charge is 0.0634 e. The van der Waals surface area contributed by atoms with Crippen LogP contribution in [0.1, 0.15) is 18.4 Å². The topological polar surface area (TPSA) is 42.1 Å². The van der Waals surface area contributed by atoms with Crippen molar-refractivity contribution in [2.45, 2.75) is 19.4 Å². The van der Waals surface area contributed by atoms with Gasteiger partial charge in [-0.05, 0) is 43.5 Å². The van der Waals surface area contributed by atoms with Gasteiger partial charge in [0.1, 0.15) is 0 Å². The van der Waals surface area contributed by atoms with Crippen LogP contribution < -0.4 is 5.73 Å². The molecule has 1 aromatic heterocycles. The molecule has 3 nitrogen and oxygen atoms in total. The summed E-state index contributed by atoms with van der Waals surface area (Å²) in [5, 5.41) is 0.761. The normalized spacial score (nSPS) is 19.8. The summed E-state index contributed by atoms with van der Waals surface area (Å²) < 4.78 is 0. The van der Waals surface area contributed by atoms with E-state index in [0.717, 1.165) is 36.8 Å². The van der Waals surface area contributed by atoms with Crippen molar-refractivity contribution in [3.8, 4) is 0 Å². The first-order valence-corrected chi connectivity index (χ1v) is 6.18. The average Bonchev–Trinajstić information content (AvgIpc) is 2.32. The summed E-state index contributed by atoms with van der Waals surface area (Å²) in [7, 11) is 0. The van der Waals surface area contributed by atoms with Gasteiger partial charge in [-0.2, -0.15) is 0 Å². The summed E-state index contributed by atoms with van der Waals surface area (Å²) in [6.07, 6.45) is 6.01. The van der Waals surface area contributed by atoms with Crippen molar-refractivity contribution in [3.05, 3.63) is 29.0 Å². The largest absolute Gasteiger partial charge is 0.330 e. The van der Waals surface area contributed by atoms with Crippen LogP contribution in [0, 0.1) is 5.92 Å². The zero-order valence-electron chi connectivity index (χ0n) is 10.2. The van der Waals surface area contributed by atoms with E-state index >= 15 is 0 Å². The monoisotopic (exact) mass is 311 g/mol. The summed E-state index contributed by atoms with van der Waals surface area (Å²) >= 11 is 6.10. The predicted octanol–water partition coefficient (Wildman–Crippen LogP) is 2.75.